The number of alkyl halides is 3. The quantitative estimate of drug-likeness (QED) is 0.526. The predicted octanol–water partition coefficient (Wildman–Crippen LogP) is 5.68. The second kappa shape index (κ2) is 8.82. The SMILES string of the molecule is O=c1[nH]c([C@H]2CC=C(c3ccc(Cl)cc3C(F)(F)F)CC2)c(Cc2ccccc2)c(=O)[nH]1. The van der Waals surface area contributed by atoms with Gasteiger partial charge in [0.1, 0.15) is 0 Å². The maximum absolute atomic E-state index is 13.5. The number of allylic oxidation sites excluding steroid dienone is 2. The molecule has 4 rings (SSSR count). The van der Waals surface area contributed by atoms with Crippen LogP contribution in [0.4, 0.5) is 13.2 Å². The van der Waals surface area contributed by atoms with Crippen molar-refractivity contribution < 1.29 is 13.2 Å². The molecule has 0 amide bonds. The number of aromatic nitrogens is 2. The average molecular weight is 461 g/mol. The van der Waals surface area contributed by atoms with Gasteiger partial charge in [0, 0.05) is 28.6 Å². The van der Waals surface area contributed by atoms with Crippen molar-refractivity contribution in [3.8, 4) is 0 Å². The normalized spacial score (nSPS) is 16.6. The molecule has 1 atom stereocenters. The summed E-state index contributed by atoms with van der Waals surface area (Å²) in [7, 11) is 0. The van der Waals surface area contributed by atoms with Crippen molar-refractivity contribution in [2.24, 2.45) is 0 Å². The molecule has 0 unspecified atom stereocenters. The minimum Gasteiger partial charge on any atom is -0.311 e. The van der Waals surface area contributed by atoms with Crippen LogP contribution in [0.15, 0.2) is 64.2 Å². The van der Waals surface area contributed by atoms with Crippen LogP contribution in [0.3, 0.4) is 0 Å². The fourth-order valence-electron chi connectivity index (χ4n) is 4.23. The maximum atomic E-state index is 13.5. The van der Waals surface area contributed by atoms with E-state index in [2.05, 4.69) is 9.97 Å². The maximum Gasteiger partial charge on any atom is 0.417 e. The molecule has 2 N–H and O–H groups in total. The minimum atomic E-state index is -4.52. The van der Waals surface area contributed by atoms with Crippen LogP contribution in [0, 0.1) is 0 Å². The van der Waals surface area contributed by atoms with E-state index in [0.29, 0.717) is 42.5 Å². The first kappa shape index (κ1) is 22.1. The van der Waals surface area contributed by atoms with E-state index in [0.717, 1.165) is 11.6 Å². The van der Waals surface area contributed by atoms with Gasteiger partial charge in [-0.3, -0.25) is 9.78 Å². The molecule has 1 aromatic heterocycles. The number of benzene rings is 2. The zero-order valence-corrected chi connectivity index (χ0v) is 17.7. The molecule has 0 aliphatic heterocycles. The first-order valence-electron chi connectivity index (χ1n) is 10.2. The van der Waals surface area contributed by atoms with Crippen molar-refractivity contribution in [3.63, 3.8) is 0 Å². The largest absolute Gasteiger partial charge is 0.417 e. The van der Waals surface area contributed by atoms with E-state index < -0.39 is 23.0 Å². The molecular formula is C24H20ClF3N2O2. The summed E-state index contributed by atoms with van der Waals surface area (Å²) in [6.45, 7) is 0. The Kier molecular flexibility index (Phi) is 6.11. The van der Waals surface area contributed by atoms with E-state index in [4.69, 9.17) is 11.6 Å². The van der Waals surface area contributed by atoms with E-state index in [-0.39, 0.29) is 16.5 Å². The van der Waals surface area contributed by atoms with Gasteiger partial charge in [-0.15, -0.1) is 0 Å². The van der Waals surface area contributed by atoms with E-state index in [9.17, 15) is 22.8 Å². The molecule has 166 valence electrons. The summed E-state index contributed by atoms with van der Waals surface area (Å²) in [6.07, 6.45) is -1.10. The van der Waals surface area contributed by atoms with Crippen molar-refractivity contribution in [3.05, 3.63) is 108 Å². The van der Waals surface area contributed by atoms with Crippen molar-refractivity contribution in [1.82, 2.24) is 9.97 Å². The van der Waals surface area contributed by atoms with Crippen LogP contribution in [0.2, 0.25) is 5.02 Å². The average Bonchev–Trinajstić information content (AvgIpc) is 2.76. The van der Waals surface area contributed by atoms with Gasteiger partial charge < -0.3 is 4.98 Å². The van der Waals surface area contributed by atoms with Gasteiger partial charge in [0.2, 0.25) is 0 Å². The van der Waals surface area contributed by atoms with E-state index in [1.165, 1.54) is 12.1 Å². The van der Waals surface area contributed by atoms with Gasteiger partial charge in [0.05, 0.1) is 5.56 Å². The van der Waals surface area contributed by atoms with Gasteiger partial charge in [-0.05, 0) is 48.1 Å². The van der Waals surface area contributed by atoms with Crippen LogP contribution < -0.4 is 11.2 Å². The zero-order valence-electron chi connectivity index (χ0n) is 16.9. The highest BCUT2D eigenvalue weighted by Crippen LogP contribution is 2.41. The molecule has 0 bridgehead atoms. The summed E-state index contributed by atoms with van der Waals surface area (Å²) in [5.74, 6) is -0.172. The summed E-state index contributed by atoms with van der Waals surface area (Å²) in [6, 6.07) is 13.2. The molecule has 0 spiro atoms. The van der Waals surface area contributed by atoms with Gasteiger partial charge in [-0.25, -0.2) is 4.79 Å². The smallest absolute Gasteiger partial charge is 0.311 e. The lowest BCUT2D eigenvalue weighted by Crippen LogP contribution is -2.30. The van der Waals surface area contributed by atoms with Crippen molar-refractivity contribution in [2.45, 2.75) is 37.8 Å². The Hall–Kier alpha value is -3.06. The third-order valence-electron chi connectivity index (χ3n) is 5.75. The third kappa shape index (κ3) is 4.72. The van der Waals surface area contributed by atoms with Gasteiger partial charge in [0.25, 0.3) is 5.56 Å². The lowest BCUT2D eigenvalue weighted by atomic mass is 9.82. The fourth-order valence-corrected chi connectivity index (χ4v) is 4.40. The highest BCUT2D eigenvalue weighted by molar-refractivity contribution is 6.30. The second-order valence-electron chi connectivity index (χ2n) is 7.85. The van der Waals surface area contributed by atoms with E-state index in [1.807, 2.05) is 30.3 Å². The Balaban J connectivity index is 1.67. The molecule has 32 heavy (non-hydrogen) atoms. The van der Waals surface area contributed by atoms with Crippen LogP contribution in [-0.2, 0) is 12.6 Å². The number of H-pyrrole nitrogens is 2. The first-order valence-corrected chi connectivity index (χ1v) is 10.6. The molecule has 3 aromatic rings. The molecule has 0 saturated heterocycles. The summed E-state index contributed by atoms with van der Waals surface area (Å²) in [4.78, 5) is 29.6. The molecule has 4 nitrogen and oxygen atoms in total. The minimum absolute atomic E-state index is 0.0296. The monoisotopic (exact) mass is 460 g/mol. The summed E-state index contributed by atoms with van der Waals surface area (Å²) in [5, 5.41) is 0.0296. The molecule has 1 heterocycles. The van der Waals surface area contributed by atoms with Gasteiger partial charge >= 0.3 is 11.9 Å². The Morgan fingerprint density at radius 2 is 1.78 bits per heavy atom. The number of halogens is 4. The Labute approximate surface area is 186 Å². The number of aromatic amines is 2. The highest BCUT2D eigenvalue weighted by atomic mass is 35.5. The lowest BCUT2D eigenvalue weighted by Gasteiger charge is -2.25. The molecule has 0 radical (unpaired) electrons. The molecular weight excluding hydrogens is 441 g/mol. The summed E-state index contributed by atoms with van der Waals surface area (Å²) < 4.78 is 40.5. The molecule has 1 aliphatic carbocycles. The second-order valence-corrected chi connectivity index (χ2v) is 8.29. The summed E-state index contributed by atoms with van der Waals surface area (Å²) in [5.41, 5.74) is 0.850. The number of rotatable bonds is 4. The van der Waals surface area contributed by atoms with Crippen molar-refractivity contribution in [1.29, 1.82) is 0 Å². The van der Waals surface area contributed by atoms with Crippen LogP contribution in [-0.4, -0.2) is 9.97 Å². The number of nitrogens with one attached hydrogen (secondary N) is 2. The molecule has 2 aromatic carbocycles. The summed E-state index contributed by atoms with van der Waals surface area (Å²) >= 11 is 5.79. The van der Waals surface area contributed by atoms with Gasteiger partial charge in [0.15, 0.2) is 0 Å². The van der Waals surface area contributed by atoms with Crippen LogP contribution in [0.25, 0.3) is 5.57 Å². The van der Waals surface area contributed by atoms with Gasteiger partial charge in [-0.2, -0.15) is 13.2 Å². The van der Waals surface area contributed by atoms with Crippen molar-refractivity contribution in [2.75, 3.05) is 0 Å². The van der Waals surface area contributed by atoms with Crippen molar-refractivity contribution >= 4 is 17.2 Å². The Morgan fingerprint density at radius 3 is 2.44 bits per heavy atom. The Morgan fingerprint density at radius 1 is 1.03 bits per heavy atom. The van der Waals surface area contributed by atoms with E-state index >= 15 is 0 Å². The molecule has 1 aliphatic rings. The fraction of sp³-hybridized carbons (Fsp3) is 0.250. The first-order chi connectivity index (χ1) is 15.2. The molecule has 0 fully saturated rings. The third-order valence-corrected chi connectivity index (χ3v) is 5.99. The van der Waals surface area contributed by atoms with E-state index in [1.54, 1.807) is 6.08 Å². The highest BCUT2D eigenvalue weighted by Gasteiger charge is 2.35. The van der Waals surface area contributed by atoms with Crippen LogP contribution in [0.1, 0.15) is 53.1 Å². The Bertz CT molecular complexity index is 1280. The molecule has 0 saturated carbocycles. The number of hydrogen-bond donors (Lipinski definition) is 2. The predicted molar refractivity (Wildman–Crippen MR) is 118 cm³/mol. The zero-order chi connectivity index (χ0) is 22.9. The van der Waals surface area contributed by atoms with Gasteiger partial charge in [-0.1, -0.05) is 54.1 Å². The lowest BCUT2D eigenvalue weighted by molar-refractivity contribution is -0.137. The van der Waals surface area contributed by atoms with Crippen LogP contribution in [0.5, 0.6) is 0 Å². The molecule has 8 heteroatoms. The number of hydrogen-bond acceptors (Lipinski definition) is 2. The topological polar surface area (TPSA) is 65.7 Å². The standard InChI is InChI=1S/C24H20ClF3N2O2/c25-17-10-11-18(20(13-17)24(26,27)28)15-6-8-16(9-7-15)21-19(22(31)30-23(32)29-21)12-14-4-2-1-3-5-14/h1-6,10-11,13,16H,7-9,12H2,(H2,29,30,31,32)/t16-/m0/s1. The van der Waals surface area contributed by atoms with Crippen LogP contribution >= 0.6 is 11.6 Å².